The minimum Gasteiger partial charge on any atom is -0.456 e. The average molecular weight is 709 g/mol. The second kappa shape index (κ2) is 12.2. The van der Waals surface area contributed by atoms with E-state index in [-0.39, 0.29) is 0 Å². The van der Waals surface area contributed by atoms with E-state index in [0.717, 1.165) is 21.9 Å². The summed E-state index contributed by atoms with van der Waals surface area (Å²) >= 11 is 0. The van der Waals surface area contributed by atoms with Crippen LogP contribution in [0, 0.1) is 55.4 Å². The minimum absolute atomic E-state index is 0.923. The van der Waals surface area contributed by atoms with Gasteiger partial charge in [-0.05, 0) is 201 Å². The van der Waals surface area contributed by atoms with Crippen molar-refractivity contribution in [1.82, 2.24) is 0 Å². The van der Waals surface area contributed by atoms with Gasteiger partial charge in [-0.3, -0.25) is 0 Å². The number of aryl methyl sites for hydroxylation is 4. The van der Waals surface area contributed by atoms with Gasteiger partial charge in [0.05, 0.1) is 0 Å². The Labute approximate surface area is 322 Å². The molecule has 0 aliphatic heterocycles. The van der Waals surface area contributed by atoms with Gasteiger partial charge in [0.15, 0.2) is 0 Å². The molecule has 0 spiro atoms. The highest BCUT2D eigenvalue weighted by Gasteiger charge is 2.27. The Morgan fingerprint density at radius 2 is 0.764 bits per heavy atom. The molecule has 0 radical (unpaired) electrons. The molecule has 10 aromatic rings. The van der Waals surface area contributed by atoms with Crippen LogP contribution in [0.5, 0.6) is 0 Å². The zero-order chi connectivity index (χ0) is 37.9. The van der Waals surface area contributed by atoms with Crippen LogP contribution >= 0.6 is 0 Å². The molecule has 1 heteroatoms. The Hall–Kier alpha value is -6.18. The van der Waals surface area contributed by atoms with Gasteiger partial charge in [0.25, 0.3) is 0 Å². The maximum atomic E-state index is 6.17. The lowest BCUT2D eigenvalue weighted by atomic mass is 9.76. The molecule has 1 aromatic heterocycles. The van der Waals surface area contributed by atoms with Crippen molar-refractivity contribution >= 4 is 65.0 Å². The van der Waals surface area contributed by atoms with Gasteiger partial charge in [-0.2, -0.15) is 0 Å². The van der Waals surface area contributed by atoms with Crippen LogP contribution in [0.1, 0.15) is 44.5 Å². The highest BCUT2D eigenvalue weighted by atomic mass is 16.3. The van der Waals surface area contributed by atoms with Crippen LogP contribution in [0.4, 0.5) is 0 Å². The van der Waals surface area contributed by atoms with E-state index < -0.39 is 0 Å². The van der Waals surface area contributed by atoms with Crippen LogP contribution in [-0.4, -0.2) is 0 Å². The molecule has 0 atom stereocenters. The van der Waals surface area contributed by atoms with Gasteiger partial charge in [0.2, 0.25) is 0 Å². The Kier molecular flexibility index (Phi) is 7.39. The van der Waals surface area contributed by atoms with Crippen molar-refractivity contribution in [3.8, 4) is 33.4 Å². The number of rotatable bonds is 3. The molecule has 0 unspecified atom stereocenters. The first kappa shape index (κ1) is 33.4. The molecule has 0 N–H and O–H groups in total. The zero-order valence-electron chi connectivity index (χ0n) is 33.0. The average Bonchev–Trinajstić information content (AvgIpc) is 3.60. The summed E-state index contributed by atoms with van der Waals surface area (Å²) in [6, 6.07) is 44.6. The van der Waals surface area contributed by atoms with E-state index >= 15 is 0 Å². The van der Waals surface area contributed by atoms with E-state index in [1.54, 1.807) is 0 Å². The molecule has 0 amide bonds. The summed E-state index contributed by atoms with van der Waals surface area (Å²) in [5.74, 6) is 0. The summed E-state index contributed by atoms with van der Waals surface area (Å²) in [5, 5.41) is 13.0. The second-order valence-corrected chi connectivity index (χ2v) is 15.8. The quantitative estimate of drug-likeness (QED) is 0.132. The molecule has 0 fully saturated rings. The Balaban J connectivity index is 1.33. The number of hydrogen-bond acceptors (Lipinski definition) is 1. The number of furan rings is 1. The third-order valence-electron chi connectivity index (χ3n) is 13.3. The van der Waals surface area contributed by atoms with Crippen LogP contribution in [-0.2, 0) is 0 Å². The van der Waals surface area contributed by atoms with Crippen molar-refractivity contribution < 1.29 is 4.42 Å². The maximum absolute atomic E-state index is 6.17. The molecule has 1 heterocycles. The van der Waals surface area contributed by atoms with Gasteiger partial charge in [0, 0.05) is 10.8 Å². The molecule has 9 aromatic carbocycles. The first-order chi connectivity index (χ1) is 26.6. The van der Waals surface area contributed by atoms with Gasteiger partial charge < -0.3 is 4.42 Å². The predicted octanol–water partition coefficient (Wildman–Crippen LogP) is 15.7. The van der Waals surface area contributed by atoms with Crippen molar-refractivity contribution in [2.75, 3.05) is 0 Å². The fourth-order valence-electron chi connectivity index (χ4n) is 9.68. The van der Waals surface area contributed by atoms with Crippen molar-refractivity contribution in [2.45, 2.75) is 55.4 Å². The summed E-state index contributed by atoms with van der Waals surface area (Å²) in [6.07, 6.45) is 0. The fourth-order valence-corrected chi connectivity index (χ4v) is 9.68. The van der Waals surface area contributed by atoms with Gasteiger partial charge in [-0.1, -0.05) is 97.1 Å². The Morgan fingerprint density at radius 1 is 0.309 bits per heavy atom. The molecule has 266 valence electrons. The first-order valence-corrected chi connectivity index (χ1v) is 19.5. The highest BCUT2D eigenvalue weighted by molar-refractivity contribution is 6.28. The monoisotopic (exact) mass is 708 g/mol. The third-order valence-corrected chi connectivity index (χ3v) is 13.3. The van der Waals surface area contributed by atoms with Crippen LogP contribution < -0.4 is 0 Å². The van der Waals surface area contributed by atoms with Gasteiger partial charge in [0.1, 0.15) is 11.2 Å². The lowest BCUT2D eigenvalue weighted by molar-refractivity contribution is 0.669. The summed E-state index contributed by atoms with van der Waals surface area (Å²) < 4.78 is 6.17. The van der Waals surface area contributed by atoms with Gasteiger partial charge in [-0.15, -0.1) is 0 Å². The molecule has 0 aliphatic rings. The molecule has 10 rings (SSSR count). The maximum Gasteiger partial charge on any atom is 0.135 e. The fraction of sp³-hybridized carbons (Fsp3) is 0.148. The van der Waals surface area contributed by atoms with Gasteiger partial charge >= 0.3 is 0 Å². The number of fused-ring (bicyclic) bond motifs is 8. The molecular formula is C54H44O. The number of benzene rings is 9. The molecular weight excluding hydrogens is 665 g/mol. The molecule has 0 saturated heterocycles. The molecule has 0 bridgehead atoms. The number of para-hydroxylation sites is 1. The number of hydrogen-bond donors (Lipinski definition) is 0. The van der Waals surface area contributed by atoms with E-state index in [1.807, 2.05) is 12.1 Å². The Morgan fingerprint density at radius 3 is 1.38 bits per heavy atom. The van der Waals surface area contributed by atoms with E-state index in [2.05, 4.69) is 165 Å². The predicted molar refractivity (Wildman–Crippen MR) is 238 cm³/mol. The van der Waals surface area contributed by atoms with Crippen molar-refractivity contribution in [2.24, 2.45) is 0 Å². The molecule has 55 heavy (non-hydrogen) atoms. The minimum atomic E-state index is 0.923. The van der Waals surface area contributed by atoms with E-state index in [0.29, 0.717) is 0 Å². The Bertz CT molecular complexity index is 3180. The highest BCUT2D eigenvalue weighted by Crippen LogP contribution is 2.52. The van der Waals surface area contributed by atoms with Crippen LogP contribution in [0.2, 0.25) is 0 Å². The first-order valence-electron chi connectivity index (χ1n) is 19.5. The second-order valence-electron chi connectivity index (χ2n) is 15.8. The smallest absolute Gasteiger partial charge is 0.135 e. The van der Waals surface area contributed by atoms with Crippen LogP contribution in [0.15, 0.2) is 126 Å². The summed E-state index contributed by atoms with van der Waals surface area (Å²) in [4.78, 5) is 0. The topological polar surface area (TPSA) is 13.1 Å². The molecule has 1 nitrogen and oxygen atoms in total. The van der Waals surface area contributed by atoms with Crippen LogP contribution in [0.25, 0.3) is 98.4 Å². The van der Waals surface area contributed by atoms with E-state index in [1.165, 1.54) is 121 Å². The lowest BCUT2D eigenvalue weighted by Gasteiger charge is -2.27. The third kappa shape index (κ3) is 4.72. The van der Waals surface area contributed by atoms with Crippen LogP contribution in [0.3, 0.4) is 0 Å². The molecule has 0 saturated carbocycles. The van der Waals surface area contributed by atoms with Gasteiger partial charge in [-0.25, -0.2) is 0 Å². The summed E-state index contributed by atoms with van der Waals surface area (Å²) in [6.45, 7) is 18.7. The molecule has 0 aliphatic carbocycles. The van der Waals surface area contributed by atoms with Crippen molar-refractivity contribution in [1.29, 1.82) is 0 Å². The van der Waals surface area contributed by atoms with E-state index in [9.17, 15) is 0 Å². The zero-order valence-corrected chi connectivity index (χ0v) is 33.0. The van der Waals surface area contributed by atoms with Crippen molar-refractivity contribution in [3.63, 3.8) is 0 Å². The summed E-state index contributed by atoms with van der Waals surface area (Å²) in [5.41, 5.74) is 20.4. The summed E-state index contributed by atoms with van der Waals surface area (Å²) in [7, 11) is 0. The van der Waals surface area contributed by atoms with Crippen molar-refractivity contribution in [3.05, 3.63) is 166 Å². The lowest BCUT2D eigenvalue weighted by Crippen LogP contribution is -2.04. The normalized spacial score (nSPS) is 12.0. The SMILES string of the molecule is Cc1c(C)c(C)c2c(-c3cc4ccccc4c4ccccc34)c3c(C)c(C)c(C)c(C)c3c(-c3ccc(-c4ccc5oc6ccccc6c5c4)cc3)c2c1C. The van der Waals surface area contributed by atoms with E-state index in [4.69, 9.17) is 4.42 Å². The largest absolute Gasteiger partial charge is 0.456 e. The standard InChI is InChI=1S/C54H44O/c1-29-31(3)35(7)51-49(33(29)5)53(38-23-21-37(22-24-38)39-25-26-48-45(27-39)44-19-13-14-20-47(44)55-48)50-34(6)30(2)32(4)36(8)52(50)54(51)46-28-40-15-9-10-16-41(40)42-17-11-12-18-43(42)46/h9-28H,1-8H3.